The third-order valence-electron chi connectivity index (χ3n) is 4.49. The van der Waals surface area contributed by atoms with Crippen LogP contribution in [0.5, 0.6) is 5.75 Å². The lowest BCUT2D eigenvalue weighted by atomic mass is 9.94. The van der Waals surface area contributed by atoms with E-state index in [1.54, 1.807) is 30.3 Å². The van der Waals surface area contributed by atoms with Gasteiger partial charge in [-0.2, -0.15) is 0 Å². The number of nitrogens with two attached hydrogens (primary N) is 1. The van der Waals surface area contributed by atoms with Crippen LogP contribution in [0.1, 0.15) is 11.1 Å². The van der Waals surface area contributed by atoms with Gasteiger partial charge in [-0.05, 0) is 41.1 Å². The van der Waals surface area contributed by atoms with Crippen LogP contribution in [0.2, 0.25) is 0 Å². The molecule has 138 valence electrons. The van der Waals surface area contributed by atoms with Crippen molar-refractivity contribution in [1.29, 1.82) is 0 Å². The molecule has 0 spiro atoms. The molecular weight excluding hydrogens is 384 g/mol. The zero-order chi connectivity index (χ0) is 19.3. The second kappa shape index (κ2) is 6.19. The van der Waals surface area contributed by atoms with Crippen molar-refractivity contribution in [3.05, 3.63) is 63.3 Å². The molecule has 6 nitrogen and oxygen atoms in total. The van der Waals surface area contributed by atoms with Crippen LogP contribution in [0.4, 0.5) is 0 Å². The van der Waals surface area contributed by atoms with E-state index in [-0.39, 0.29) is 17.1 Å². The summed E-state index contributed by atoms with van der Waals surface area (Å²) in [6, 6.07) is 10.3. The average Bonchev–Trinajstić information content (AvgIpc) is 3.06. The molecule has 2 aromatic carbocycles. The van der Waals surface area contributed by atoms with Crippen LogP contribution in [0.3, 0.4) is 0 Å². The number of rotatable bonds is 3. The molecule has 27 heavy (non-hydrogen) atoms. The van der Waals surface area contributed by atoms with Gasteiger partial charge in [0.1, 0.15) is 10.4 Å². The molecule has 0 atom stereocenters. The number of fused-ring (bicyclic) bond motifs is 3. The largest absolute Gasteiger partial charge is 0.507 e. The standard InChI is InChI=1S/C19H16N2O4S2/c1-10-8-14(22)15(12-4-2-11(3-5-12)9-27(20,24)25)16-13-6-7-26-18(13)19(23)21-17(10)16/h2-8,22H,9H2,1H3,(H,21,23)(H2,20,24,25). The first-order valence-corrected chi connectivity index (χ1v) is 10.7. The van der Waals surface area contributed by atoms with E-state index in [0.29, 0.717) is 21.3 Å². The Bertz CT molecular complexity index is 1350. The third kappa shape index (κ3) is 3.12. The fraction of sp³-hybridized carbons (Fsp3) is 0.105. The number of aryl methyl sites for hydroxylation is 1. The van der Waals surface area contributed by atoms with Gasteiger partial charge >= 0.3 is 0 Å². The molecule has 2 aromatic heterocycles. The Kier molecular flexibility index (Phi) is 4.06. The van der Waals surface area contributed by atoms with Crippen molar-refractivity contribution in [3.63, 3.8) is 0 Å². The van der Waals surface area contributed by atoms with Crippen molar-refractivity contribution >= 4 is 42.3 Å². The molecule has 0 bridgehead atoms. The summed E-state index contributed by atoms with van der Waals surface area (Å²) < 4.78 is 23.1. The quantitative estimate of drug-likeness (QED) is 0.490. The van der Waals surface area contributed by atoms with E-state index in [2.05, 4.69) is 4.98 Å². The van der Waals surface area contributed by atoms with Crippen LogP contribution >= 0.6 is 11.3 Å². The number of sulfonamides is 1. The molecular formula is C19H16N2O4S2. The Balaban J connectivity index is 2.02. The summed E-state index contributed by atoms with van der Waals surface area (Å²) >= 11 is 1.35. The van der Waals surface area contributed by atoms with Crippen LogP contribution in [-0.4, -0.2) is 18.5 Å². The van der Waals surface area contributed by atoms with Crippen molar-refractivity contribution in [2.24, 2.45) is 5.14 Å². The molecule has 0 saturated carbocycles. The number of primary sulfonamides is 1. The SMILES string of the molecule is Cc1cc(O)c(-c2ccc(CS(N)(=O)=O)cc2)c2c1[nH]c(=O)c1sccc12. The number of aromatic nitrogens is 1. The highest BCUT2D eigenvalue weighted by molar-refractivity contribution is 7.88. The number of hydrogen-bond donors (Lipinski definition) is 3. The zero-order valence-corrected chi connectivity index (χ0v) is 15.9. The van der Waals surface area contributed by atoms with Gasteiger partial charge in [-0.3, -0.25) is 4.79 Å². The minimum Gasteiger partial charge on any atom is -0.507 e. The molecule has 8 heteroatoms. The molecule has 0 radical (unpaired) electrons. The Morgan fingerprint density at radius 2 is 1.89 bits per heavy atom. The fourth-order valence-corrected chi connectivity index (χ4v) is 4.83. The first-order chi connectivity index (χ1) is 12.7. The molecule has 0 unspecified atom stereocenters. The van der Waals surface area contributed by atoms with Gasteiger partial charge < -0.3 is 10.1 Å². The monoisotopic (exact) mass is 400 g/mol. The maximum atomic E-state index is 12.3. The molecule has 2 heterocycles. The summed E-state index contributed by atoms with van der Waals surface area (Å²) in [5.41, 5.74) is 3.16. The van der Waals surface area contributed by atoms with E-state index in [9.17, 15) is 18.3 Å². The van der Waals surface area contributed by atoms with Gasteiger partial charge in [0.25, 0.3) is 5.56 Å². The minimum absolute atomic E-state index is 0.0961. The van der Waals surface area contributed by atoms with Crippen molar-refractivity contribution < 1.29 is 13.5 Å². The Morgan fingerprint density at radius 1 is 1.19 bits per heavy atom. The van der Waals surface area contributed by atoms with Gasteiger partial charge in [-0.15, -0.1) is 11.3 Å². The van der Waals surface area contributed by atoms with E-state index in [0.717, 1.165) is 21.9 Å². The van der Waals surface area contributed by atoms with Gasteiger partial charge in [0.05, 0.1) is 11.3 Å². The van der Waals surface area contributed by atoms with Crippen LogP contribution in [0.25, 0.3) is 32.1 Å². The number of phenolic OH excluding ortho intramolecular Hbond substituents is 1. The number of aromatic amines is 1. The number of phenols is 1. The maximum Gasteiger partial charge on any atom is 0.266 e. The lowest BCUT2D eigenvalue weighted by Crippen LogP contribution is -2.14. The first kappa shape index (κ1) is 17.7. The second-order valence-corrected chi connectivity index (χ2v) is 8.99. The number of pyridine rings is 1. The zero-order valence-electron chi connectivity index (χ0n) is 14.3. The number of nitrogens with one attached hydrogen (secondary N) is 1. The summed E-state index contributed by atoms with van der Waals surface area (Å²) in [5, 5.41) is 19.1. The number of benzene rings is 2. The summed E-state index contributed by atoms with van der Waals surface area (Å²) in [5.74, 6) is -0.158. The van der Waals surface area contributed by atoms with Crippen molar-refractivity contribution in [3.8, 4) is 16.9 Å². The highest BCUT2D eigenvalue weighted by atomic mass is 32.2. The van der Waals surface area contributed by atoms with E-state index in [4.69, 9.17) is 5.14 Å². The number of H-pyrrole nitrogens is 1. The van der Waals surface area contributed by atoms with E-state index in [1.807, 2.05) is 18.4 Å². The Morgan fingerprint density at radius 3 is 2.56 bits per heavy atom. The highest BCUT2D eigenvalue weighted by Gasteiger charge is 2.17. The van der Waals surface area contributed by atoms with Crippen LogP contribution in [-0.2, 0) is 15.8 Å². The Labute approximate surface area is 158 Å². The molecule has 4 rings (SSSR count). The van der Waals surface area contributed by atoms with Gasteiger partial charge in [0, 0.05) is 16.3 Å². The maximum absolute atomic E-state index is 12.3. The van der Waals surface area contributed by atoms with Crippen molar-refractivity contribution in [2.45, 2.75) is 12.7 Å². The summed E-state index contributed by atoms with van der Waals surface area (Å²) in [7, 11) is -3.62. The second-order valence-electron chi connectivity index (χ2n) is 6.46. The van der Waals surface area contributed by atoms with Crippen LogP contribution < -0.4 is 10.7 Å². The third-order valence-corrected chi connectivity index (χ3v) is 6.14. The highest BCUT2D eigenvalue weighted by Crippen LogP contribution is 2.41. The van der Waals surface area contributed by atoms with Gasteiger partial charge in [-0.25, -0.2) is 13.6 Å². The summed E-state index contributed by atoms with van der Waals surface area (Å²) in [6.45, 7) is 1.83. The number of aromatic hydroxyl groups is 1. The summed E-state index contributed by atoms with van der Waals surface area (Å²) in [6.07, 6.45) is 0. The summed E-state index contributed by atoms with van der Waals surface area (Å²) in [4.78, 5) is 15.3. The van der Waals surface area contributed by atoms with Crippen molar-refractivity contribution in [2.75, 3.05) is 0 Å². The molecule has 0 fully saturated rings. The van der Waals surface area contributed by atoms with E-state index >= 15 is 0 Å². The van der Waals surface area contributed by atoms with Crippen molar-refractivity contribution in [1.82, 2.24) is 4.98 Å². The molecule has 4 N–H and O–H groups in total. The molecule has 4 aromatic rings. The predicted molar refractivity (Wildman–Crippen MR) is 109 cm³/mol. The fourth-order valence-electron chi connectivity index (χ4n) is 3.37. The molecule has 0 amide bonds. The number of hydrogen-bond acceptors (Lipinski definition) is 5. The van der Waals surface area contributed by atoms with Gasteiger partial charge in [0.15, 0.2) is 0 Å². The normalized spacial score (nSPS) is 12.1. The molecule has 0 aliphatic heterocycles. The predicted octanol–water partition coefficient (Wildman–Crippen LogP) is 3.21. The molecule has 0 aliphatic carbocycles. The molecule has 0 aliphatic rings. The first-order valence-electron chi connectivity index (χ1n) is 8.10. The minimum atomic E-state index is -3.62. The van der Waals surface area contributed by atoms with Gasteiger partial charge in [0.2, 0.25) is 10.0 Å². The number of thiophene rings is 1. The van der Waals surface area contributed by atoms with E-state index < -0.39 is 10.0 Å². The average molecular weight is 400 g/mol. The lowest BCUT2D eigenvalue weighted by Gasteiger charge is -2.13. The molecule has 0 saturated heterocycles. The smallest absolute Gasteiger partial charge is 0.266 e. The lowest BCUT2D eigenvalue weighted by molar-refractivity contribution is 0.477. The Hall–Kier alpha value is -2.68. The van der Waals surface area contributed by atoms with Gasteiger partial charge in [-0.1, -0.05) is 24.3 Å². The van der Waals surface area contributed by atoms with Crippen LogP contribution in [0, 0.1) is 6.92 Å². The van der Waals surface area contributed by atoms with Crippen LogP contribution in [0.15, 0.2) is 46.6 Å². The van der Waals surface area contributed by atoms with E-state index in [1.165, 1.54) is 11.3 Å². The topological polar surface area (TPSA) is 113 Å².